The maximum Gasteiger partial charge on any atom is 0.201 e. The van der Waals surface area contributed by atoms with Gasteiger partial charge in [-0.3, -0.25) is 0 Å². The number of aryl methyl sites for hydroxylation is 2. The monoisotopic (exact) mass is 735 g/mol. The number of anilines is 2. The van der Waals surface area contributed by atoms with Crippen molar-refractivity contribution < 1.29 is 26.2 Å². The van der Waals surface area contributed by atoms with Crippen LogP contribution >= 0.6 is 22.7 Å². The third kappa shape index (κ3) is 9.75. The van der Waals surface area contributed by atoms with Gasteiger partial charge in [-0.15, -0.1) is 29.3 Å². The van der Waals surface area contributed by atoms with Crippen LogP contribution in [0, 0.1) is 13.8 Å². The van der Waals surface area contributed by atoms with Crippen molar-refractivity contribution in [2.24, 2.45) is 0 Å². The topological polar surface area (TPSA) is 38.3 Å². The van der Waals surface area contributed by atoms with E-state index in [1.54, 1.807) is 18.3 Å². The van der Waals surface area contributed by atoms with E-state index in [1.807, 2.05) is 11.3 Å². The van der Waals surface area contributed by atoms with Crippen molar-refractivity contribution in [1.29, 1.82) is 0 Å². The molecule has 2 aromatic carbocycles. The Bertz CT molecular complexity index is 2120. The predicted molar refractivity (Wildman–Crippen MR) is 207 cm³/mol. The van der Waals surface area contributed by atoms with Crippen LogP contribution < -0.4 is 54.5 Å². The summed E-state index contributed by atoms with van der Waals surface area (Å²) in [6.07, 6.45) is 0. The molecule has 0 spiro atoms. The molecule has 6 nitrogen and oxygen atoms in total. The number of halogens is 2. The molecule has 2 aliphatic carbocycles. The number of aromatic nitrogens is 2. The fraction of sp³-hybridized carbons (Fsp3) is 0.316. The Morgan fingerprint density at radius 2 is 1.27 bits per heavy atom. The lowest BCUT2D eigenvalue weighted by Gasteiger charge is -2.16. The number of nitrogens with zero attached hydrogens (tertiary/aromatic N) is 6. The Labute approximate surface area is 309 Å². The molecule has 2 aromatic rings. The first-order valence-electron chi connectivity index (χ1n) is 15.3. The van der Waals surface area contributed by atoms with Gasteiger partial charge in [-0.05, 0) is 68.3 Å². The molecule has 0 atom stereocenters. The second kappa shape index (κ2) is 18.3. The van der Waals surface area contributed by atoms with Gasteiger partial charge in [0.25, 0.3) is 0 Å². The summed E-state index contributed by atoms with van der Waals surface area (Å²) in [5.41, 5.74) is 9.25. The van der Waals surface area contributed by atoms with Crippen molar-refractivity contribution in [3.63, 3.8) is 0 Å². The summed E-state index contributed by atoms with van der Waals surface area (Å²) < 4.78 is 13.1. The molecule has 0 N–H and O–H groups in total. The highest BCUT2D eigenvalue weighted by Crippen LogP contribution is 2.35. The molecule has 2 heterocycles. The molecule has 0 unspecified atom stereocenters. The molecular formula is C38H50Cl2N6S2. The van der Waals surface area contributed by atoms with Crippen LogP contribution in [0.5, 0.6) is 0 Å². The van der Waals surface area contributed by atoms with E-state index >= 15 is 0 Å². The minimum absolute atomic E-state index is 0. The molecular weight excluding hydrogens is 684 g/mol. The normalized spacial score (nSPS) is 10.3. The van der Waals surface area contributed by atoms with E-state index in [-0.39, 0.29) is 32.2 Å². The smallest absolute Gasteiger partial charge is 0.201 e. The van der Waals surface area contributed by atoms with Gasteiger partial charge in [0.15, 0.2) is 0 Å². The number of fused-ring (bicyclic) bond motifs is 4. The van der Waals surface area contributed by atoms with Gasteiger partial charge in [0, 0.05) is 63.8 Å². The minimum atomic E-state index is 0. The summed E-state index contributed by atoms with van der Waals surface area (Å²) in [5.74, 6) is 0. The molecule has 0 amide bonds. The van der Waals surface area contributed by atoms with E-state index in [0.717, 1.165) is 22.4 Å². The Morgan fingerprint density at radius 3 is 1.85 bits per heavy atom. The molecule has 0 saturated heterocycles. The molecule has 6 rings (SSSR count). The van der Waals surface area contributed by atoms with Gasteiger partial charge >= 0.3 is 0 Å². The first kappa shape index (κ1) is 40.6. The van der Waals surface area contributed by atoms with Gasteiger partial charge in [-0.25, -0.2) is 19.1 Å². The average molecular weight is 737 g/mol. The van der Waals surface area contributed by atoms with Crippen LogP contribution in [-0.4, -0.2) is 66.3 Å². The molecule has 48 heavy (non-hydrogen) atoms. The number of allylic oxidation sites excluding steroid dienone is 1. The van der Waals surface area contributed by atoms with Gasteiger partial charge in [0.1, 0.15) is 28.2 Å². The van der Waals surface area contributed by atoms with E-state index in [0.29, 0.717) is 6.05 Å². The minimum Gasteiger partial charge on any atom is -1.00 e. The van der Waals surface area contributed by atoms with Crippen LogP contribution in [0.2, 0.25) is 0 Å². The lowest BCUT2D eigenvalue weighted by molar-refractivity contribution is -0.00100. The van der Waals surface area contributed by atoms with Crippen molar-refractivity contribution in [2.45, 2.75) is 28.2 Å². The van der Waals surface area contributed by atoms with Crippen LogP contribution in [0.25, 0.3) is 41.6 Å². The van der Waals surface area contributed by atoms with Crippen LogP contribution in [-0.2, 0) is 0 Å². The maximum absolute atomic E-state index is 6.39. The average Bonchev–Trinajstić information content (AvgIpc) is 2.98. The Morgan fingerprint density at radius 1 is 0.708 bits per heavy atom. The molecule has 0 aromatic heterocycles. The first-order valence-corrected chi connectivity index (χ1v) is 16.5. The van der Waals surface area contributed by atoms with Crippen molar-refractivity contribution in [1.82, 2.24) is 19.1 Å². The van der Waals surface area contributed by atoms with E-state index in [1.165, 1.54) is 52.4 Å². The van der Waals surface area contributed by atoms with E-state index in [2.05, 4.69) is 156 Å². The third-order valence-corrected chi connectivity index (χ3v) is 9.51. The summed E-state index contributed by atoms with van der Waals surface area (Å²) >= 11 is 3.63. The zero-order valence-electron chi connectivity index (χ0n) is 30.2. The van der Waals surface area contributed by atoms with E-state index in [9.17, 15) is 0 Å². The number of hydrogen-bond donors (Lipinski definition) is 0. The summed E-state index contributed by atoms with van der Waals surface area (Å²) in [5, 5.41) is 2.43. The standard InChI is InChI=1S/C18H22N3S.C16H18N3S.C3H6.CH4.2ClH/c1-11-7-13(20(3)4)9-15-17(11)19-18-12(2)8-14(21(5)6)10-16(18)22-15;1-18(2)11-5-7-13-15(9-11)20-16-10-12(19(3)4)6-8-14(16)17-13;1-3-2;;;/h7-10H,1-6H3;5-10H,1-4H3;3H,1H2,2H3;1H4;2*1H/q2*+1;;;;/p-2/i3+1,4+1,5+1,6+1;1+1,2+1,3+1,4+1;3+1T;;;. The fourth-order valence-corrected chi connectivity index (χ4v) is 7.04. The molecule has 2 aliphatic heterocycles. The van der Waals surface area contributed by atoms with Crippen LogP contribution in [0.15, 0.2) is 73.3 Å². The SMILES string of the molecule is C.Cc1cc(=[N+]([13CH3])[13CH3])cc2sc3cc(N([13CH3])[13CH3])cc(C)c3nc1-2.[13CH3]N([13CH3])c1ccc2nc3ccc(=[N+]([13CH3])[13CH3])cc-3sc2c1.[3H][13C](=C)C.[Cl-].[Cl-]. The van der Waals surface area contributed by atoms with Gasteiger partial charge in [0.2, 0.25) is 10.7 Å². The Kier molecular flexibility index (Phi) is 15.5. The van der Waals surface area contributed by atoms with Crippen molar-refractivity contribution in [3.05, 3.63) is 95.1 Å². The number of rotatable bonds is 2. The first-order chi connectivity index (χ1) is 21.6. The predicted octanol–water partition coefficient (Wildman–Crippen LogP) is 1.45. The highest BCUT2D eigenvalue weighted by molar-refractivity contribution is 7.21. The van der Waals surface area contributed by atoms with Crippen LogP contribution in [0.1, 0.15) is 26.8 Å². The Balaban J connectivity index is 0.000000420. The molecule has 0 saturated carbocycles. The number of hydrogen-bond acceptors (Lipinski definition) is 6. The van der Waals surface area contributed by atoms with Crippen LogP contribution in [0.4, 0.5) is 11.4 Å². The molecule has 10 heteroatoms. The highest BCUT2D eigenvalue weighted by atomic mass is 35.5. The van der Waals surface area contributed by atoms with Crippen LogP contribution in [0.3, 0.4) is 0 Å². The summed E-state index contributed by atoms with van der Waals surface area (Å²) in [7, 11) is 16.5. The lowest BCUT2D eigenvalue weighted by Crippen LogP contribution is -3.00. The molecule has 0 radical (unpaired) electrons. The van der Waals surface area contributed by atoms with E-state index < -0.39 is 0 Å². The van der Waals surface area contributed by atoms with Gasteiger partial charge in [-0.2, -0.15) is 0 Å². The van der Waals surface area contributed by atoms with Crippen molar-refractivity contribution in [2.75, 3.05) is 66.2 Å². The fourth-order valence-electron chi connectivity index (χ4n) is 4.80. The van der Waals surface area contributed by atoms with Gasteiger partial charge < -0.3 is 34.6 Å². The molecule has 258 valence electrons. The molecule has 0 bridgehead atoms. The number of benzene rings is 4. The van der Waals surface area contributed by atoms with Crippen molar-refractivity contribution in [3.8, 4) is 21.1 Å². The van der Waals surface area contributed by atoms with E-state index in [4.69, 9.17) is 11.3 Å². The third-order valence-electron chi connectivity index (χ3n) is 7.36. The highest BCUT2D eigenvalue weighted by Gasteiger charge is 2.15. The zero-order valence-corrected chi connectivity index (χ0v) is 32.4. The quantitative estimate of drug-likeness (QED) is 0.117. The largest absolute Gasteiger partial charge is 1.00 e. The van der Waals surface area contributed by atoms with Gasteiger partial charge in [-0.1, -0.05) is 13.5 Å². The Hall–Kier alpha value is -3.56. The summed E-state index contributed by atoms with van der Waals surface area (Å²) in [4.78, 5) is 16.4. The molecule has 0 fully saturated rings. The maximum atomic E-state index is 6.39. The molecule has 4 aliphatic rings. The van der Waals surface area contributed by atoms with Crippen molar-refractivity contribution >= 4 is 54.5 Å². The second-order valence-corrected chi connectivity index (χ2v) is 14.0. The van der Waals surface area contributed by atoms with Gasteiger partial charge in [0.05, 0.1) is 42.9 Å². The lowest BCUT2D eigenvalue weighted by atomic mass is 10.1. The summed E-state index contributed by atoms with van der Waals surface area (Å²) in [6.45, 7) is 9.15. The second-order valence-electron chi connectivity index (χ2n) is 11.9. The zero-order chi connectivity index (χ0) is 33.9. The summed E-state index contributed by atoms with van der Waals surface area (Å²) in [6, 6.07) is 22.1.